The summed E-state index contributed by atoms with van der Waals surface area (Å²) in [7, 11) is 2.14. The minimum atomic E-state index is -0.859. The van der Waals surface area contributed by atoms with Crippen molar-refractivity contribution in [2.75, 3.05) is 33.2 Å². The lowest BCUT2D eigenvalue weighted by molar-refractivity contribution is -0.122. The molecule has 1 saturated heterocycles. The highest BCUT2D eigenvalue weighted by Gasteiger charge is 2.39. The molecule has 0 bridgehead atoms. The van der Waals surface area contributed by atoms with Crippen LogP contribution < -0.4 is 16.2 Å². The number of hydrogen-bond donors (Lipinski definition) is 7. The van der Waals surface area contributed by atoms with E-state index in [1.165, 1.54) is 17.7 Å². The zero-order valence-electron chi connectivity index (χ0n) is 28.5. The number of hydrogen-bond acceptors (Lipinski definition) is 8. The molecule has 4 aromatic carbocycles. The molecule has 0 unspecified atom stereocenters. The molecule has 11 heteroatoms. The van der Waals surface area contributed by atoms with E-state index in [4.69, 9.17) is 9.90 Å². The maximum Gasteiger partial charge on any atom is 0.290 e. The predicted octanol–water partition coefficient (Wildman–Crippen LogP) is 4.45. The van der Waals surface area contributed by atoms with Crippen LogP contribution in [0.15, 0.2) is 102 Å². The first-order chi connectivity index (χ1) is 24.6. The molecular formula is C40H44N4O7. The van der Waals surface area contributed by atoms with Gasteiger partial charge in [-0.25, -0.2) is 0 Å². The predicted molar refractivity (Wildman–Crippen MR) is 196 cm³/mol. The van der Waals surface area contributed by atoms with Gasteiger partial charge in [0.25, 0.3) is 12.4 Å². The number of phenolic OH excluding ortho intramolecular Hbond substituents is 2. The van der Waals surface area contributed by atoms with Gasteiger partial charge in [0.05, 0.1) is 11.6 Å². The number of pyridine rings is 1. The Hall–Kier alpha value is -5.49. The molecule has 266 valence electrons. The number of carbonyl (C=O) groups is 2. The lowest BCUT2D eigenvalue weighted by Gasteiger charge is -2.42. The van der Waals surface area contributed by atoms with Crippen molar-refractivity contribution in [3.63, 3.8) is 0 Å². The maximum absolute atomic E-state index is 12.9. The molecule has 1 aliphatic rings. The number of nitrogens with one attached hydrogen (secondary N) is 3. The highest BCUT2D eigenvalue weighted by atomic mass is 16.3. The van der Waals surface area contributed by atoms with E-state index in [-0.39, 0.29) is 35.6 Å². The van der Waals surface area contributed by atoms with Crippen LogP contribution in [-0.2, 0) is 23.2 Å². The van der Waals surface area contributed by atoms with Crippen LogP contribution in [0.5, 0.6) is 11.5 Å². The van der Waals surface area contributed by atoms with E-state index in [0.717, 1.165) is 42.6 Å². The van der Waals surface area contributed by atoms with E-state index in [9.17, 15) is 24.9 Å². The SMILES string of the molecule is CN1CCC(c2ccccc2)(c2cc(CCNC(=O)c3ccc(CNC[C@H](O)c4ccc(O)c5[nH]c(=O)ccc45)cc3)ccc2O)CC1.O=CO. The van der Waals surface area contributed by atoms with Crippen molar-refractivity contribution in [2.24, 2.45) is 0 Å². The first-order valence-corrected chi connectivity index (χ1v) is 16.9. The van der Waals surface area contributed by atoms with Gasteiger partial charge in [-0.05, 0) is 92.0 Å². The number of piperidine rings is 1. The Morgan fingerprint density at radius 3 is 2.29 bits per heavy atom. The number of fused-ring (bicyclic) bond motifs is 1. The third-order valence-electron chi connectivity index (χ3n) is 9.59. The largest absolute Gasteiger partial charge is 0.508 e. The van der Waals surface area contributed by atoms with Crippen LogP contribution in [0.25, 0.3) is 10.9 Å². The van der Waals surface area contributed by atoms with E-state index in [1.54, 1.807) is 30.3 Å². The van der Waals surface area contributed by atoms with Crippen molar-refractivity contribution in [1.29, 1.82) is 0 Å². The summed E-state index contributed by atoms with van der Waals surface area (Å²) in [5.41, 5.74) is 5.06. The van der Waals surface area contributed by atoms with E-state index >= 15 is 0 Å². The van der Waals surface area contributed by atoms with Gasteiger partial charge in [-0.2, -0.15) is 0 Å². The quantitative estimate of drug-likeness (QED) is 0.0987. The fraction of sp³-hybridized carbons (Fsp3) is 0.275. The third kappa shape index (κ3) is 8.82. The Balaban J connectivity index is 0.00000162. The summed E-state index contributed by atoms with van der Waals surface area (Å²) >= 11 is 0. The van der Waals surface area contributed by atoms with Gasteiger partial charge in [0.2, 0.25) is 5.56 Å². The second-order valence-electron chi connectivity index (χ2n) is 12.8. The van der Waals surface area contributed by atoms with Gasteiger partial charge < -0.3 is 40.9 Å². The van der Waals surface area contributed by atoms with Crippen LogP contribution in [0.4, 0.5) is 0 Å². The van der Waals surface area contributed by atoms with Crippen LogP contribution >= 0.6 is 0 Å². The summed E-state index contributed by atoms with van der Waals surface area (Å²) in [6, 6.07) is 29.7. The Kier molecular flexibility index (Phi) is 12.2. The Morgan fingerprint density at radius 2 is 1.59 bits per heavy atom. The number of aliphatic hydroxyl groups excluding tert-OH is 1. The number of carboxylic acid groups (broad SMARTS) is 1. The summed E-state index contributed by atoms with van der Waals surface area (Å²) < 4.78 is 0. The molecule has 1 aromatic heterocycles. The van der Waals surface area contributed by atoms with Crippen molar-refractivity contribution >= 4 is 23.3 Å². The number of aromatic hydroxyl groups is 2. The topological polar surface area (TPSA) is 175 Å². The normalized spacial score (nSPS) is 14.6. The van der Waals surface area contributed by atoms with Gasteiger partial charge in [-0.15, -0.1) is 0 Å². The van der Waals surface area contributed by atoms with Crippen molar-refractivity contribution in [3.05, 3.63) is 141 Å². The summed E-state index contributed by atoms with van der Waals surface area (Å²) in [6.07, 6.45) is 1.63. The molecule has 7 N–H and O–H groups in total. The average Bonchev–Trinajstić information content (AvgIpc) is 3.14. The number of likely N-dealkylation sites (tertiary alicyclic amines) is 1. The van der Waals surface area contributed by atoms with Crippen LogP contribution in [0, 0.1) is 0 Å². The number of H-pyrrole nitrogens is 1. The number of phenols is 2. The molecule has 11 nitrogen and oxygen atoms in total. The molecule has 2 heterocycles. The van der Waals surface area contributed by atoms with Crippen molar-refractivity contribution < 1.29 is 30.0 Å². The van der Waals surface area contributed by atoms with Gasteiger partial charge in [0.1, 0.15) is 11.5 Å². The standard InChI is InChI=1S/C39H42N4O5.CH2O2/c1-43-21-18-39(19-22-43,29-5-3-2-4-6-29)32-23-26(9-14-33(32)44)17-20-41-38(48)28-10-7-27(8-11-28)24-40-25-35(46)30-12-15-34(45)37-31(30)13-16-36(47)42-37;2-1-3/h2-16,23,35,40,44-46H,17-22,24-25H2,1H3,(H,41,48)(H,42,47);1H,(H,2,3)/t35-;/m0./s1. The smallest absolute Gasteiger partial charge is 0.290 e. The number of aliphatic hydroxyl groups is 1. The molecule has 1 fully saturated rings. The van der Waals surface area contributed by atoms with Gasteiger partial charge in [0.15, 0.2) is 0 Å². The van der Waals surface area contributed by atoms with Crippen molar-refractivity contribution in [1.82, 2.24) is 20.5 Å². The maximum atomic E-state index is 12.9. The molecule has 6 rings (SSSR count). The molecule has 51 heavy (non-hydrogen) atoms. The lowest BCUT2D eigenvalue weighted by atomic mass is 9.67. The summed E-state index contributed by atoms with van der Waals surface area (Å²) in [5, 5.41) is 45.7. The number of nitrogens with zero attached hydrogens (tertiary/aromatic N) is 1. The second-order valence-corrected chi connectivity index (χ2v) is 12.8. The van der Waals surface area contributed by atoms with Crippen LogP contribution in [0.2, 0.25) is 0 Å². The van der Waals surface area contributed by atoms with E-state index in [1.807, 2.05) is 24.3 Å². The molecule has 1 aliphatic heterocycles. The summed E-state index contributed by atoms with van der Waals surface area (Å²) in [6.45, 7) is 2.85. The average molecular weight is 693 g/mol. The van der Waals surface area contributed by atoms with E-state index in [0.29, 0.717) is 47.3 Å². The Morgan fingerprint density at radius 1 is 0.922 bits per heavy atom. The fourth-order valence-corrected chi connectivity index (χ4v) is 6.80. The molecule has 1 atom stereocenters. The number of benzene rings is 4. The summed E-state index contributed by atoms with van der Waals surface area (Å²) in [5.74, 6) is 0.106. The number of carbonyl (C=O) groups excluding carboxylic acids is 1. The van der Waals surface area contributed by atoms with E-state index < -0.39 is 6.10 Å². The molecule has 0 spiro atoms. The monoisotopic (exact) mass is 692 g/mol. The number of aromatic amines is 1. The lowest BCUT2D eigenvalue weighted by Crippen LogP contribution is -2.41. The first kappa shape index (κ1) is 36.8. The Bertz CT molecular complexity index is 1990. The molecule has 1 amide bonds. The van der Waals surface area contributed by atoms with Gasteiger partial charge in [0, 0.05) is 47.6 Å². The third-order valence-corrected chi connectivity index (χ3v) is 9.59. The van der Waals surface area contributed by atoms with Gasteiger partial charge in [-0.1, -0.05) is 60.7 Å². The first-order valence-electron chi connectivity index (χ1n) is 16.9. The molecule has 5 aromatic rings. The van der Waals surface area contributed by atoms with Crippen molar-refractivity contribution in [2.45, 2.75) is 37.3 Å². The molecular weight excluding hydrogens is 648 g/mol. The number of rotatable bonds is 11. The Labute approximate surface area is 296 Å². The van der Waals surface area contributed by atoms with E-state index in [2.05, 4.69) is 57.9 Å². The van der Waals surface area contributed by atoms with Crippen LogP contribution in [0.1, 0.15) is 57.1 Å². The highest BCUT2D eigenvalue weighted by Crippen LogP contribution is 2.45. The molecule has 0 saturated carbocycles. The van der Waals surface area contributed by atoms with Crippen LogP contribution in [-0.4, -0.2) is 75.9 Å². The zero-order valence-corrected chi connectivity index (χ0v) is 28.5. The molecule has 0 aliphatic carbocycles. The number of aromatic nitrogens is 1. The molecule has 0 radical (unpaired) electrons. The van der Waals surface area contributed by atoms with Gasteiger partial charge >= 0.3 is 0 Å². The zero-order chi connectivity index (χ0) is 36.4. The second kappa shape index (κ2) is 16.9. The minimum Gasteiger partial charge on any atom is -0.508 e. The van der Waals surface area contributed by atoms with Crippen LogP contribution in [0.3, 0.4) is 0 Å². The minimum absolute atomic E-state index is 0.0509. The summed E-state index contributed by atoms with van der Waals surface area (Å²) in [4.78, 5) is 37.9. The van der Waals surface area contributed by atoms with Gasteiger partial charge in [-0.3, -0.25) is 14.4 Å². The fourth-order valence-electron chi connectivity index (χ4n) is 6.80. The highest BCUT2D eigenvalue weighted by molar-refractivity contribution is 5.94. The number of amides is 1. The van der Waals surface area contributed by atoms with Crippen molar-refractivity contribution in [3.8, 4) is 11.5 Å².